The van der Waals surface area contributed by atoms with Crippen molar-refractivity contribution in [2.24, 2.45) is 5.92 Å². The fraction of sp³-hybridized carbons (Fsp3) is 0.429. The van der Waals surface area contributed by atoms with E-state index in [1.165, 1.54) is 22.3 Å². The quantitative estimate of drug-likeness (QED) is 0.121. The van der Waals surface area contributed by atoms with Crippen LogP contribution < -0.4 is 30.1 Å². The third kappa shape index (κ3) is 9.49. The van der Waals surface area contributed by atoms with Crippen LogP contribution in [0.15, 0.2) is 71.0 Å². The molecule has 0 spiro atoms. The number of hydrogen-bond acceptors (Lipinski definition) is 13. The molecule has 0 bridgehead atoms. The molecule has 1 saturated carbocycles. The number of thiazole rings is 1. The average molecular weight is 860 g/mol. The maximum absolute atomic E-state index is 14.4. The smallest absolute Gasteiger partial charge is 0.303 e. The Labute approximate surface area is 352 Å². The van der Waals surface area contributed by atoms with E-state index in [0.717, 1.165) is 30.8 Å². The van der Waals surface area contributed by atoms with E-state index in [4.69, 9.17) is 19.4 Å². The number of aliphatic carboxylic acids is 1. The standard InChI is InChI=1S/C42H49N7O9S2/c1-25(2)44-41-46-33(24-59-41)32-21-35(29-15-14-27(57-3)19-31(29)45-32)58-28-20-34(49(23-28)37(50)16-17-38(51)52)39(53)47-42-22-26(42)11-7-5-4-6-10-18-43-30-12-8-9-13-36(30)60(55,56)48-40(42)54/h7-9,11-15,19,21,24-26,28,34,43H,4-6,10,16-18,20,22-23H2,1-3H3,(H,44,46)(H,47,53)(H,48,54)(H,51,52)/t26-,28-,34+,42-/m1/s1. The molecule has 2 aliphatic heterocycles. The summed E-state index contributed by atoms with van der Waals surface area (Å²) in [5.41, 5.74) is 0.431. The number of rotatable bonds is 11. The lowest BCUT2D eigenvalue weighted by Gasteiger charge is -2.26. The highest BCUT2D eigenvalue weighted by atomic mass is 32.2. The lowest BCUT2D eigenvalue weighted by Crippen LogP contribution is -2.56. The number of carbonyl (C=O) groups is 4. The lowest BCUT2D eigenvalue weighted by atomic mass is 10.1. The number of carboxylic acids is 1. The van der Waals surface area contributed by atoms with Crippen LogP contribution in [-0.2, 0) is 29.2 Å². The van der Waals surface area contributed by atoms with Crippen LogP contribution in [0.1, 0.15) is 65.2 Å². The molecule has 18 heteroatoms. The number of sulfonamides is 1. The predicted octanol–water partition coefficient (Wildman–Crippen LogP) is 5.32. The van der Waals surface area contributed by atoms with Crippen LogP contribution in [0, 0.1) is 5.92 Å². The zero-order valence-corrected chi connectivity index (χ0v) is 35.2. The van der Waals surface area contributed by atoms with Crippen molar-refractivity contribution in [3.05, 3.63) is 66.1 Å². The number of carboxylic acid groups (broad SMARTS) is 1. The lowest BCUT2D eigenvalue weighted by molar-refractivity contribution is -0.143. The average Bonchev–Trinajstić information content (AvgIpc) is 3.48. The van der Waals surface area contributed by atoms with Crippen molar-refractivity contribution in [1.29, 1.82) is 0 Å². The number of pyridine rings is 1. The number of hydrogen-bond donors (Lipinski definition) is 5. The van der Waals surface area contributed by atoms with Crippen molar-refractivity contribution in [3.63, 3.8) is 0 Å². The van der Waals surface area contributed by atoms with Crippen LogP contribution in [0.5, 0.6) is 11.5 Å². The Balaban J connectivity index is 1.18. The van der Waals surface area contributed by atoms with E-state index in [1.807, 2.05) is 31.4 Å². The molecule has 4 atom stereocenters. The summed E-state index contributed by atoms with van der Waals surface area (Å²) in [4.78, 5) is 64.5. The van der Waals surface area contributed by atoms with Gasteiger partial charge in [-0.15, -0.1) is 11.3 Å². The third-order valence-corrected chi connectivity index (χ3v) is 13.0. The summed E-state index contributed by atoms with van der Waals surface area (Å²) in [7, 11) is -2.83. The molecule has 0 unspecified atom stereocenters. The minimum atomic E-state index is -4.38. The monoisotopic (exact) mass is 859 g/mol. The molecule has 3 aliphatic rings. The van der Waals surface area contributed by atoms with Gasteiger partial charge in [0, 0.05) is 54.2 Å². The third-order valence-electron chi connectivity index (χ3n) is 10.8. The van der Waals surface area contributed by atoms with Crippen molar-refractivity contribution >= 4 is 66.8 Å². The highest BCUT2D eigenvalue weighted by Crippen LogP contribution is 2.46. The minimum Gasteiger partial charge on any atom is -0.497 e. The van der Waals surface area contributed by atoms with Crippen molar-refractivity contribution in [2.75, 3.05) is 30.8 Å². The number of carbonyl (C=O) groups excluding carboxylic acids is 3. The number of methoxy groups -OCH3 is 1. The SMILES string of the molecule is COc1ccc2c(O[C@@H]3C[C@@H](C(=O)N[C@]45C[C@H]4C=CCCCCCNc4ccccc4S(=O)(=O)NC5=O)N(C(=O)CCC(=O)O)C3)cc(-c3csc(NC(C)C)n3)nc2c1. The number of benzene rings is 2. The molecule has 4 heterocycles. The zero-order valence-electron chi connectivity index (χ0n) is 33.6. The molecular formula is C42H49N7O9S2. The normalized spacial score (nSPS) is 22.6. The summed E-state index contributed by atoms with van der Waals surface area (Å²) in [6.45, 7) is 4.52. The molecule has 1 aliphatic carbocycles. The molecule has 4 aromatic rings. The number of aromatic nitrogens is 2. The Hall–Kier alpha value is -5.75. The number of fused-ring (bicyclic) bond motifs is 3. The van der Waals surface area contributed by atoms with Crippen molar-refractivity contribution in [2.45, 2.75) is 93.8 Å². The summed E-state index contributed by atoms with van der Waals surface area (Å²) in [6, 6.07) is 12.4. The molecule has 7 rings (SSSR count). The molecule has 2 aromatic carbocycles. The molecule has 60 heavy (non-hydrogen) atoms. The van der Waals surface area contributed by atoms with Gasteiger partial charge in [0.05, 0.1) is 37.0 Å². The maximum atomic E-state index is 14.4. The first-order chi connectivity index (χ1) is 28.8. The van der Waals surface area contributed by atoms with E-state index in [-0.39, 0.29) is 36.7 Å². The highest BCUT2D eigenvalue weighted by molar-refractivity contribution is 7.90. The molecule has 5 N–H and O–H groups in total. The number of amides is 3. The Morgan fingerprint density at radius 3 is 2.67 bits per heavy atom. The maximum Gasteiger partial charge on any atom is 0.303 e. The minimum absolute atomic E-state index is 0.00530. The number of allylic oxidation sites excluding steroid dienone is 1. The molecule has 1 saturated heterocycles. The fourth-order valence-electron chi connectivity index (χ4n) is 7.63. The van der Waals surface area contributed by atoms with Gasteiger partial charge < -0.3 is 35.4 Å². The fourth-order valence-corrected chi connectivity index (χ4v) is 9.70. The van der Waals surface area contributed by atoms with Crippen LogP contribution in [0.4, 0.5) is 10.8 Å². The first kappa shape index (κ1) is 42.4. The first-order valence-corrected chi connectivity index (χ1v) is 22.4. The highest BCUT2D eigenvalue weighted by Gasteiger charge is 2.61. The molecule has 16 nitrogen and oxygen atoms in total. The van der Waals surface area contributed by atoms with Gasteiger partial charge in [0.1, 0.15) is 39.8 Å². The second kappa shape index (κ2) is 17.8. The Kier molecular flexibility index (Phi) is 12.6. The molecule has 2 fully saturated rings. The van der Waals surface area contributed by atoms with E-state index >= 15 is 0 Å². The second-order valence-electron chi connectivity index (χ2n) is 15.6. The summed E-state index contributed by atoms with van der Waals surface area (Å²) in [6.07, 6.45) is 5.68. The van der Waals surface area contributed by atoms with Crippen LogP contribution in [0.3, 0.4) is 0 Å². The number of anilines is 2. The van der Waals surface area contributed by atoms with Gasteiger partial charge in [0.15, 0.2) is 5.13 Å². The largest absolute Gasteiger partial charge is 0.497 e. The van der Waals surface area contributed by atoms with Crippen LogP contribution in [0.25, 0.3) is 22.3 Å². The van der Waals surface area contributed by atoms with Gasteiger partial charge in [0.2, 0.25) is 11.8 Å². The molecule has 0 radical (unpaired) electrons. The Morgan fingerprint density at radius 2 is 1.88 bits per heavy atom. The van der Waals surface area contributed by atoms with E-state index < -0.39 is 63.7 Å². The summed E-state index contributed by atoms with van der Waals surface area (Å²) in [5.74, 6) is -2.86. The molecule has 3 amide bonds. The van der Waals surface area contributed by atoms with Gasteiger partial charge in [-0.3, -0.25) is 19.2 Å². The van der Waals surface area contributed by atoms with Gasteiger partial charge in [-0.1, -0.05) is 30.7 Å². The van der Waals surface area contributed by atoms with Gasteiger partial charge in [-0.25, -0.2) is 23.1 Å². The predicted molar refractivity (Wildman–Crippen MR) is 226 cm³/mol. The Bertz CT molecular complexity index is 2420. The number of nitrogens with one attached hydrogen (secondary N) is 4. The van der Waals surface area contributed by atoms with E-state index in [9.17, 15) is 32.7 Å². The van der Waals surface area contributed by atoms with Crippen molar-refractivity contribution < 1.29 is 42.2 Å². The number of ether oxygens (including phenoxy) is 2. The number of nitrogens with zero attached hydrogens (tertiary/aromatic N) is 3. The van der Waals surface area contributed by atoms with Gasteiger partial charge in [-0.2, -0.15) is 0 Å². The number of likely N-dealkylation sites (tertiary alicyclic amines) is 1. The van der Waals surface area contributed by atoms with Crippen LogP contribution in [-0.4, -0.2) is 96.0 Å². The Morgan fingerprint density at radius 1 is 1.07 bits per heavy atom. The zero-order chi connectivity index (χ0) is 42.6. The summed E-state index contributed by atoms with van der Waals surface area (Å²) >= 11 is 1.43. The van der Waals surface area contributed by atoms with Gasteiger partial charge in [-0.05, 0) is 63.8 Å². The van der Waals surface area contributed by atoms with Crippen LogP contribution >= 0.6 is 11.3 Å². The van der Waals surface area contributed by atoms with Crippen LogP contribution in [0.2, 0.25) is 0 Å². The van der Waals surface area contributed by atoms with Gasteiger partial charge >= 0.3 is 5.97 Å². The summed E-state index contributed by atoms with van der Waals surface area (Å²) < 4.78 is 41.8. The summed E-state index contributed by atoms with van der Waals surface area (Å²) in [5, 5.41) is 22.0. The molecule has 2 aromatic heterocycles. The van der Waals surface area contributed by atoms with E-state index in [2.05, 4.69) is 20.7 Å². The number of para-hydroxylation sites is 1. The topological polar surface area (TPSA) is 218 Å². The van der Waals surface area contributed by atoms with E-state index in [1.54, 1.807) is 49.6 Å². The first-order valence-electron chi connectivity index (χ1n) is 20.0. The molecular weight excluding hydrogens is 811 g/mol. The second-order valence-corrected chi connectivity index (χ2v) is 18.1. The molecule has 318 valence electrons. The van der Waals surface area contributed by atoms with Crippen molar-refractivity contribution in [3.8, 4) is 22.9 Å². The van der Waals surface area contributed by atoms with Crippen molar-refractivity contribution in [1.82, 2.24) is 24.9 Å². The van der Waals surface area contributed by atoms with Gasteiger partial charge in [0.25, 0.3) is 15.9 Å². The van der Waals surface area contributed by atoms with E-state index in [0.29, 0.717) is 46.0 Å².